The highest BCUT2D eigenvalue weighted by atomic mass is 127. The molecule has 4 rings (SSSR count). The Morgan fingerprint density at radius 2 is 1.79 bits per heavy atom. The van der Waals surface area contributed by atoms with Crippen molar-refractivity contribution in [2.24, 2.45) is 0 Å². The number of benzene rings is 2. The van der Waals surface area contributed by atoms with Crippen LogP contribution in [0.15, 0.2) is 80.7 Å². The zero-order valence-corrected chi connectivity index (χ0v) is 16.6. The molecular formula is C21H13IN2O4. The molecule has 0 spiro atoms. The van der Waals surface area contributed by atoms with Gasteiger partial charge in [-0.05, 0) is 46.9 Å². The van der Waals surface area contributed by atoms with E-state index >= 15 is 0 Å². The molecule has 0 amide bonds. The molecule has 0 saturated carbocycles. The van der Waals surface area contributed by atoms with E-state index in [-0.39, 0.29) is 12.1 Å². The van der Waals surface area contributed by atoms with Crippen molar-refractivity contribution in [2.75, 3.05) is 0 Å². The van der Waals surface area contributed by atoms with Crippen LogP contribution >= 0.6 is 22.6 Å². The first-order valence-electron chi connectivity index (χ1n) is 8.41. The third kappa shape index (κ3) is 3.65. The molecule has 0 bridgehead atoms. The van der Waals surface area contributed by atoms with Gasteiger partial charge in [-0.25, -0.2) is 9.48 Å². The van der Waals surface area contributed by atoms with Crippen LogP contribution in [0.2, 0.25) is 0 Å². The molecule has 4 aromatic rings. The Labute approximate surface area is 172 Å². The Bertz CT molecular complexity index is 1310. The Kier molecular flexibility index (Phi) is 4.91. The summed E-state index contributed by atoms with van der Waals surface area (Å²) in [5, 5.41) is 4.90. The van der Waals surface area contributed by atoms with E-state index in [0.29, 0.717) is 16.7 Å². The van der Waals surface area contributed by atoms with Crippen LogP contribution in [0.1, 0.15) is 10.4 Å². The minimum atomic E-state index is -0.730. The number of hydrogen-bond donors (Lipinski definition) is 0. The van der Waals surface area contributed by atoms with Crippen LogP contribution in [0.5, 0.6) is 0 Å². The van der Waals surface area contributed by atoms with Crippen molar-refractivity contribution in [1.82, 2.24) is 9.78 Å². The molecule has 0 saturated heterocycles. The van der Waals surface area contributed by atoms with Gasteiger partial charge in [-0.3, -0.25) is 9.59 Å². The number of carbonyl (C=O) groups excluding carboxylic acids is 1. The third-order valence-electron chi connectivity index (χ3n) is 4.23. The van der Waals surface area contributed by atoms with Gasteiger partial charge in [-0.15, -0.1) is 0 Å². The molecule has 0 aliphatic rings. The monoisotopic (exact) mass is 484 g/mol. The van der Waals surface area contributed by atoms with E-state index in [1.54, 1.807) is 18.2 Å². The SMILES string of the molecule is O=C(Cn1nc(-c2ccccc2)ccc1=O)c1cc2ccc(I)cc2oc1=O. The van der Waals surface area contributed by atoms with Gasteiger partial charge in [0.1, 0.15) is 17.7 Å². The van der Waals surface area contributed by atoms with Gasteiger partial charge in [0, 0.05) is 20.6 Å². The van der Waals surface area contributed by atoms with Crippen molar-refractivity contribution in [3.05, 3.63) is 96.6 Å². The average Bonchev–Trinajstić information content (AvgIpc) is 2.69. The fourth-order valence-corrected chi connectivity index (χ4v) is 3.29. The van der Waals surface area contributed by atoms with E-state index in [1.807, 2.05) is 36.4 Å². The molecule has 2 heterocycles. The predicted octanol–water partition coefficient (Wildman–Crippen LogP) is 3.50. The number of nitrogens with zero attached hydrogens (tertiary/aromatic N) is 2. The number of carbonyl (C=O) groups is 1. The Morgan fingerprint density at radius 1 is 1.00 bits per heavy atom. The van der Waals surface area contributed by atoms with Crippen molar-refractivity contribution in [3.8, 4) is 11.3 Å². The summed E-state index contributed by atoms with van der Waals surface area (Å²) in [5.41, 5.74) is 0.540. The maximum Gasteiger partial charge on any atom is 0.347 e. The topological polar surface area (TPSA) is 82.2 Å². The normalized spacial score (nSPS) is 10.9. The highest BCUT2D eigenvalue weighted by Gasteiger charge is 2.16. The molecule has 6 nitrogen and oxygen atoms in total. The summed E-state index contributed by atoms with van der Waals surface area (Å²) in [6.45, 7) is -0.347. The molecule has 0 aliphatic carbocycles. The second-order valence-electron chi connectivity index (χ2n) is 6.13. The van der Waals surface area contributed by atoms with Crippen molar-refractivity contribution < 1.29 is 9.21 Å². The molecule has 138 valence electrons. The number of halogens is 1. The van der Waals surface area contributed by atoms with Crippen LogP contribution in [0, 0.1) is 3.57 Å². The van der Waals surface area contributed by atoms with E-state index in [9.17, 15) is 14.4 Å². The van der Waals surface area contributed by atoms with Crippen molar-refractivity contribution in [1.29, 1.82) is 0 Å². The maximum absolute atomic E-state index is 12.7. The van der Waals surface area contributed by atoms with Gasteiger partial charge in [-0.2, -0.15) is 5.10 Å². The van der Waals surface area contributed by atoms with Gasteiger partial charge in [0.25, 0.3) is 5.56 Å². The molecular weight excluding hydrogens is 471 g/mol. The lowest BCUT2D eigenvalue weighted by molar-refractivity contribution is 0.0962. The summed E-state index contributed by atoms with van der Waals surface area (Å²) in [7, 11) is 0. The van der Waals surface area contributed by atoms with Gasteiger partial charge < -0.3 is 4.42 Å². The first-order valence-corrected chi connectivity index (χ1v) is 9.49. The molecule has 0 unspecified atom stereocenters. The molecule has 0 fully saturated rings. The number of Topliss-reactive ketones (excluding diaryl/α,β-unsaturated/α-hetero) is 1. The van der Waals surface area contributed by atoms with Crippen molar-refractivity contribution in [2.45, 2.75) is 6.54 Å². The Morgan fingerprint density at radius 3 is 2.57 bits per heavy atom. The molecule has 2 aromatic heterocycles. The van der Waals surface area contributed by atoms with Gasteiger partial charge in [-0.1, -0.05) is 36.4 Å². The minimum Gasteiger partial charge on any atom is -0.422 e. The second kappa shape index (κ2) is 7.51. The first kappa shape index (κ1) is 18.3. The van der Waals surface area contributed by atoms with Crippen LogP contribution in [-0.4, -0.2) is 15.6 Å². The molecule has 0 aliphatic heterocycles. The summed E-state index contributed by atoms with van der Waals surface area (Å²) < 4.78 is 7.24. The first-order chi connectivity index (χ1) is 13.5. The summed E-state index contributed by atoms with van der Waals surface area (Å²) in [6.07, 6.45) is 0. The van der Waals surface area contributed by atoms with E-state index in [1.165, 1.54) is 12.1 Å². The van der Waals surface area contributed by atoms with E-state index in [2.05, 4.69) is 27.7 Å². The van der Waals surface area contributed by atoms with E-state index < -0.39 is 17.0 Å². The number of aromatic nitrogens is 2. The quantitative estimate of drug-likeness (QED) is 0.252. The number of fused-ring (bicyclic) bond motifs is 1. The largest absolute Gasteiger partial charge is 0.422 e. The smallest absolute Gasteiger partial charge is 0.347 e. The van der Waals surface area contributed by atoms with E-state index in [0.717, 1.165) is 13.8 Å². The summed E-state index contributed by atoms with van der Waals surface area (Å²) in [5.74, 6) is -0.533. The summed E-state index contributed by atoms with van der Waals surface area (Å²) in [4.78, 5) is 37.1. The maximum atomic E-state index is 12.7. The average molecular weight is 484 g/mol. The summed E-state index contributed by atoms with van der Waals surface area (Å²) in [6, 6.07) is 19.1. The molecule has 0 atom stereocenters. The predicted molar refractivity (Wildman–Crippen MR) is 113 cm³/mol. The highest BCUT2D eigenvalue weighted by molar-refractivity contribution is 14.1. The van der Waals surface area contributed by atoms with Gasteiger partial charge in [0.15, 0.2) is 5.78 Å². The minimum absolute atomic E-state index is 0.104. The zero-order chi connectivity index (χ0) is 19.7. The number of ketones is 1. The lowest BCUT2D eigenvalue weighted by Crippen LogP contribution is -2.28. The molecule has 0 N–H and O–H groups in total. The van der Waals surface area contributed by atoms with Gasteiger partial charge >= 0.3 is 5.63 Å². The Hall–Kier alpha value is -3.07. The van der Waals surface area contributed by atoms with Crippen molar-refractivity contribution >= 4 is 39.3 Å². The van der Waals surface area contributed by atoms with Crippen LogP contribution in [-0.2, 0) is 6.54 Å². The van der Waals surface area contributed by atoms with Crippen LogP contribution < -0.4 is 11.2 Å². The molecule has 28 heavy (non-hydrogen) atoms. The second-order valence-corrected chi connectivity index (χ2v) is 7.38. The Balaban J connectivity index is 1.70. The standard InChI is InChI=1S/C21H13IN2O4/c22-15-7-6-14-10-16(21(27)28-19(14)11-15)18(25)12-24-20(26)9-8-17(23-24)13-4-2-1-3-5-13/h1-11H,12H2. The molecule has 2 aromatic carbocycles. The molecule has 7 heteroatoms. The third-order valence-corrected chi connectivity index (χ3v) is 4.90. The zero-order valence-electron chi connectivity index (χ0n) is 14.5. The van der Waals surface area contributed by atoms with Crippen LogP contribution in [0.3, 0.4) is 0 Å². The lowest BCUT2D eigenvalue weighted by atomic mass is 10.1. The summed E-state index contributed by atoms with van der Waals surface area (Å²) >= 11 is 2.11. The number of rotatable bonds is 4. The fraction of sp³-hybridized carbons (Fsp3) is 0.0476. The molecule has 0 radical (unpaired) electrons. The van der Waals surface area contributed by atoms with Crippen LogP contribution in [0.25, 0.3) is 22.2 Å². The van der Waals surface area contributed by atoms with Gasteiger partial charge in [0.2, 0.25) is 0 Å². The van der Waals surface area contributed by atoms with E-state index in [4.69, 9.17) is 4.42 Å². The fourth-order valence-electron chi connectivity index (χ4n) is 2.83. The van der Waals surface area contributed by atoms with Gasteiger partial charge in [0.05, 0.1) is 5.69 Å². The van der Waals surface area contributed by atoms with Crippen molar-refractivity contribution in [3.63, 3.8) is 0 Å². The highest BCUT2D eigenvalue weighted by Crippen LogP contribution is 2.17. The lowest BCUT2D eigenvalue weighted by Gasteiger charge is -2.07. The van der Waals surface area contributed by atoms with Crippen LogP contribution in [0.4, 0.5) is 0 Å². The number of hydrogen-bond acceptors (Lipinski definition) is 5.